The molecule has 122 valence electrons. The topological polar surface area (TPSA) is 73.3 Å². The second-order valence-electron chi connectivity index (χ2n) is 5.36. The Hall–Kier alpha value is -1.83. The molecule has 0 bridgehead atoms. The third-order valence-corrected chi connectivity index (χ3v) is 4.27. The maximum atomic E-state index is 12.1. The summed E-state index contributed by atoms with van der Waals surface area (Å²) in [6.45, 7) is 1.55. The summed E-state index contributed by atoms with van der Waals surface area (Å²) < 4.78 is 11.4. The van der Waals surface area contributed by atoms with Crippen LogP contribution in [0.3, 0.4) is 0 Å². The Morgan fingerprint density at radius 2 is 2.35 bits per heavy atom. The average Bonchev–Trinajstić information content (AvgIpc) is 3.08. The van der Waals surface area contributed by atoms with Gasteiger partial charge in [-0.05, 0) is 18.6 Å². The Morgan fingerprint density at radius 3 is 3.13 bits per heavy atom. The first kappa shape index (κ1) is 16.0. The van der Waals surface area contributed by atoms with Crippen molar-refractivity contribution < 1.29 is 14.3 Å². The lowest BCUT2D eigenvalue weighted by molar-refractivity contribution is -0.126. The largest absolute Gasteiger partial charge is 0.379 e. The zero-order chi connectivity index (χ0) is 15.9. The quantitative estimate of drug-likeness (QED) is 0.869. The van der Waals surface area contributed by atoms with Crippen molar-refractivity contribution >= 4 is 17.2 Å². The molecule has 0 unspecified atom stereocenters. The molecule has 2 aromatic rings. The third-order valence-electron chi connectivity index (χ3n) is 3.64. The Bertz CT molecular complexity index is 606. The molecule has 6 nitrogen and oxygen atoms in total. The molecule has 0 spiro atoms. The summed E-state index contributed by atoms with van der Waals surface area (Å²) in [4.78, 5) is 20.5. The Labute approximate surface area is 138 Å². The normalized spacial score (nSPS) is 21.0. The van der Waals surface area contributed by atoms with Crippen molar-refractivity contribution in [3.8, 4) is 0 Å². The molecule has 2 atom stereocenters. The van der Waals surface area contributed by atoms with Gasteiger partial charge in [0.1, 0.15) is 0 Å². The van der Waals surface area contributed by atoms with E-state index in [2.05, 4.69) is 15.3 Å². The van der Waals surface area contributed by atoms with E-state index in [0.29, 0.717) is 19.8 Å². The number of ether oxygens (including phenoxy) is 2. The van der Waals surface area contributed by atoms with Crippen molar-refractivity contribution in [1.82, 2.24) is 15.3 Å². The van der Waals surface area contributed by atoms with Gasteiger partial charge in [-0.2, -0.15) is 0 Å². The van der Waals surface area contributed by atoms with Crippen LogP contribution in [-0.4, -0.2) is 41.2 Å². The average molecular weight is 333 g/mol. The van der Waals surface area contributed by atoms with Crippen LogP contribution >= 0.6 is 11.3 Å². The second-order valence-corrected chi connectivity index (χ2v) is 6.08. The van der Waals surface area contributed by atoms with E-state index in [1.807, 2.05) is 23.6 Å². The van der Waals surface area contributed by atoms with Gasteiger partial charge in [0.2, 0.25) is 5.91 Å². The lowest BCUT2D eigenvalue weighted by Gasteiger charge is -2.32. The number of nitrogens with one attached hydrogen (secondary N) is 1. The summed E-state index contributed by atoms with van der Waals surface area (Å²) in [5, 5.41) is 4.88. The van der Waals surface area contributed by atoms with Crippen molar-refractivity contribution in [3.63, 3.8) is 0 Å². The molecule has 1 aliphatic rings. The first-order valence-electron chi connectivity index (χ1n) is 7.57. The Morgan fingerprint density at radius 1 is 1.39 bits per heavy atom. The SMILES string of the molecule is O=C(Cc1cscn1)N[C@@H]1COCC[C@H]1OCc1ccccn1. The van der Waals surface area contributed by atoms with E-state index in [1.54, 1.807) is 11.7 Å². The lowest BCUT2D eigenvalue weighted by Crippen LogP contribution is -2.50. The molecular weight excluding hydrogens is 314 g/mol. The second kappa shape index (κ2) is 8.14. The standard InChI is InChI=1S/C16H19N3O3S/c20-16(7-13-10-23-11-18-13)19-14-9-21-6-4-15(14)22-8-12-3-1-2-5-17-12/h1-3,5,10-11,14-15H,4,6-9H2,(H,19,20)/t14-,15-/m1/s1. The van der Waals surface area contributed by atoms with Gasteiger partial charge in [0.25, 0.3) is 0 Å². The van der Waals surface area contributed by atoms with E-state index in [-0.39, 0.29) is 24.5 Å². The van der Waals surface area contributed by atoms with Crippen molar-refractivity contribution in [2.24, 2.45) is 0 Å². The summed E-state index contributed by atoms with van der Waals surface area (Å²) >= 11 is 1.49. The van der Waals surface area contributed by atoms with Crippen LogP contribution < -0.4 is 5.32 Å². The van der Waals surface area contributed by atoms with Crippen LogP contribution in [0.5, 0.6) is 0 Å². The van der Waals surface area contributed by atoms with Crippen molar-refractivity contribution in [3.05, 3.63) is 46.7 Å². The minimum atomic E-state index is -0.140. The van der Waals surface area contributed by atoms with Crippen molar-refractivity contribution in [1.29, 1.82) is 0 Å². The third kappa shape index (κ3) is 4.82. The van der Waals surface area contributed by atoms with E-state index < -0.39 is 0 Å². The van der Waals surface area contributed by atoms with Gasteiger partial charge in [-0.15, -0.1) is 11.3 Å². The van der Waals surface area contributed by atoms with E-state index in [1.165, 1.54) is 11.3 Å². The van der Waals surface area contributed by atoms with Crippen LogP contribution in [0.4, 0.5) is 0 Å². The van der Waals surface area contributed by atoms with Crippen molar-refractivity contribution in [2.45, 2.75) is 31.6 Å². The van der Waals surface area contributed by atoms with Gasteiger partial charge in [-0.3, -0.25) is 9.78 Å². The Kier molecular flexibility index (Phi) is 5.68. The van der Waals surface area contributed by atoms with Crippen molar-refractivity contribution in [2.75, 3.05) is 13.2 Å². The van der Waals surface area contributed by atoms with Crippen LogP contribution in [0.1, 0.15) is 17.8 Å². The summed E-state index contributed by atoms with van der Waals surface area (Å²) in [6, 6.07) is 5.59. The molecule has 3 rings (SSSR count). The molecule has 3 heterocycles. The minimum absolute atomic E-state index is 0.0576. The zero-order valence-corrected chi connectivity index (χ0v) is 13.5. The highest BCUT2D eigenvalue weighted by Crippen LogP contribution is 2.14. The minimum Gasteiger partial charge on any atom is -0.379 e. The summed E-state index contributed by atoms with van der Waals surface area (Å²) in [5.41, 5.74) is 3.40. The number of hydrogen-bond acceptors (Lipinski definition) is 6. The van der Waals surface area contributed by atoms with Gasteiger partial charge in [-0.25, -0.2) is 4.98 Å². The van der Waals surface area contributed by atoms with Gasteiger partial charge >= 0.3 is 0 Å². The number of thiazole rings is 1. The van der Waals surface area contributed by atoms with Crippen LogP contribution in [0.15, 0.2) is 35.3 Å². The number of carbonyl (C=O) groups is 1. The van der Waals surface area contributed by atoms with E-state index in [0.717, 1.165) is 17.8 Å². The number of aromatic nitrogens is 2. The number of hydrogen-bond donors (Lipinski definition) is 1. The maximum Gasteiger partial charge on any atom is 0.226 e. The molecule has 1 fully saturated rings. The molecule has 1 amide bonds. The first-order valence-corrected chi connectivity index (χ1v) is 8.51. The predicted octanol–water partition coefficient (Wildman–Crippen LogP) is 1.57. The van der Waals surface area contributed by atoms with Crippen LogP contribution in [0.25, 0.3) is 0 Å². The molecule has 23 heavy (non-hydrogen) atoms. The fraction of sp³-hybridized carbons (Fsp3) is 0.438. The fourth-order valence-corrected chi connectivity index (χ4v) is 3.03. The van der Waals surface area contributed by atoms with Gasteiger partial charge in [-0.1, -0.05) is 6.07 Å². The highest BCUT2D eigenvalue weighted by molar-refractivity contribution is 7.07. The Balaban J connectivity index is 1.52. The van der Waals surface area contributed by atoms with E-state index in [9.17, 15) is 4.79 Å². The van der Waals surface area contributed by atoms with Crippen LogP contribution in [-0.2, 0) is 27.3 Å². The summed E-state index contributed by atoms with van der Waals surface area (Å²) in [6.07, 6.45) is 2.72. The monoisotopic (exact) mass is 333 g/mol. The molecule has 7 heteroatoms. The van der Waals surface area contributed by atoms with E-state index >= 15 is 0 Å². The number of carbonyl (C=O) groups excluding carboxylic acids is 1. The summed E-state index contributed by atoms with van der Waals surface area (Å²) in [5.74, 6) is -0.0576. The van der Waals surface area contributed by atoms with Gasteiger partial charge in [0.05, 0.1) is 48.7 Å². The first-order chi connectivity index (χ1) is 11.3. The molecule has 0 radical (unpaired) electrons. The molecule has 1 aliphatic heterocycles. The molecule has 1 saturated heterocycles. The van der Waals surface area contributed by atoms with Crippen LogP contribution in [0.2, 0.25) is 0 Å². The molecule has 0 aromatic carbocycles. The zero-order valence-electron chi connectivity index (χ0n) is 12.7. The molecule has 0 aliphatic carbocycles. The predicted molar refractivity (Wildman–Crippen MR) is 86.0 cm³/mol. The highest BCUT2D eigenvalue weighted by atomic mass is 32.1. The fourth-order valence-electron chi connectivity index (χ4n) is 2.48. The smallest absolute Gasteiger partial charge is 0.226 e. The maximum absolute atomic E-state index is 12.1. The van der Waals surface area contributed by atoms with Gasteiger partial charge in [0.15, 0.2) is 0 Å². The van der Waals surface area contributed by atoms with E-state index in [4.69, 9.17) is 9.47 Å². The van der Waals surface area contributed by atoms with Crippen LogP contribution in [0, 0.1) is 0 Å². The van der Waals surface area contributed by atoms with Gasteiger partial charge < -0.3 is 14.8 Å². The number of nitrogens with zero attached hydrogens (tertiary/aromatic N) is 2. The molecule has 1 N–H and O–H groups in total. The number of pyridine rings is 1. The molecular formula is C16H19N3O3S. The molecule has 2 aromatic heterocycles. The number of amides is 1. The molecule has 0 saturated carbocycles. The lowest BCUT2D eigenvalue weighted by atomic mass is 10.1. The highest BCUT2D eigenvalue weighted by Gasteiger charge is 2.28. The number of rotatable bonds is 6. The summed E-state index contributed by atoms with van der Waals surface area (Å²) in [7, 11) is 0. The van der Waals surface area contributed by atoms with Gasteiger partial charge in [0, 0.05) is 18.2 Å².